The molecule has 0 aromatic heterocycles. The molecule has 0 unspecified atom stereocenters. The lowest BCUT2D eigenvalue weighted by Crippen LogP contribution is -2.37. The van der Waals surface area contributed by atoms with E-state index in [4.69, 9.17) is 0 Å². The summed E-state index contributed by atoms with van der Waals surface area (Å²) in [6.07, 6.45) is 12.5. The summed E-state index contributed by atoms with van der Waals surface area (Å²) in [5.74, 6) is 2.25. The minimum atomic E-state index is -0.621. The van der Waals surface area contributed by atoms with Crippen LogP contribution in [-0.2, 0) is 0 Å². The average Bonchev–Trinajstić information content (AvgIpc) is 3.05. The summed E-state index contributed by atoms with van der Waals surface area (Å²) in [6.45, 7) is 15.2. The lowest BCUT2D eigenvalue weighted by atomic mass is 9.60. The zero-order valence-electron chi connectivity index (χ0n) is 20.5. The molecular formula is C28H46O3. The zero-order valence-corrected chi connectivity index (χ0v) is 20.5. The molecule has 0 bridgehead atoms. The Balaban J connectivity index is 1.73. The first-order chi connectivity index (χ1) is 14.5. The van der Waals surface area contributed by atoms with Gasteiger partial charge in [0.05, 0.1) is 17.8 Å². The Morgan fingerprint density at radius 1 is 1.19 bits per heavy atom. The fourth-order valence-electron chi connectivity index (χ4n) is 6.69. The smallest absolute Gasteiger partial charge is 0.0811 e. The van der Waals surface area contributed by atoms with Crippen LogP contribution in [0, 0.1) is 29.1 Å². The Hall–Kier alpha value is -0.900. The first-order valence-corrected chi connectivity index (χ1v) is 12.6. The highest BCUT2D eigenvalue weighted by atomic mass is 16.3. The zero-order chi connectivity index (χ0) is 23.0. The number of aliphatic hydroxyl groups is 3. The summed E-state index contributed by atoms with van der Waals surface area (Å²) < 4.78 is 0. The van der Waals surface area contributed by atoms with Crippen molar-refractivity contribution in [2.24, 2.45) is 29.1 Å². The van der Waals surface area contributed by atoms with Crippen molar-refractivity contribution < 1.29 is 15.3 Å². The molecule has 31 heavy (non-hydrogen) atoms. The molecule has 0 heterocycles. The summed E-state index contributed by atoms with van der Waals surface area (Å²) >= 11 is 0. The van der Waals surface area contributed by atoms with Gasteiger partial charge in [0, 0.05) is 6.42 Å². The van der Waals surface area contributed by atoms with Crippen molar-refractivity contribution in [3.05, 3.63) is 35.5 Å². The SMILES string of the molecule is C=C1/C(=C\C=C2/CCC[C@]3(C)[C@@H]([C@H](C)CC[C@@](C)(O)C(C)C)CC[C@@H]23)C[C@@H](O)C[C@@H]1O. The Morgan fingerprint density at radius 2 is 1.90 bits per heavy atom. The monoisotopic (exact) mass is 430 g/mol. The van der Waals surface area contributed by atoms with Gasteiger partial charge in [-0.05, 0) is 98.5 Å². The van der Waals surface area contributed by atoms with Gasteiger partial charge < -0.3 is 15.3 Å². The molecule has 0 amide bonds. The molecule has 0 radical (unpaired) electrons. The molecule has 0 aromatic carbocycles. The van der Waals surface area contributed by atoms with Crippen LogP contribution in [0.1, 0.15) is 92.4 Å². The fraction of sp³-hybridized carbons (Fsp3) is 0.786. The van der Waals surface area contributed by atoms with E-state index in [0.717, 1.165) is 30.4 Å². The number of hydrogen-bond acceptors (Lipinski definition) is 3. The van der Waals surface area contributed by atoms with E-state index in [1.807, 2.05) is 6.92 Å². The maximum absolute atomic E-state index is 10.7. The minimum absolute atomic E-state index is 0.287. The maximum Gasteiger partial charge on any atom is 0.0811 e. The molecule has 0 aromatic rings. The summed E-state index contributed by atoms with van der Waals surface area (Å²) in [5, 5.41) is 30.9. The van der Waals surface area contributed by atoms with Crippen LogP contribution in [0.4, 0.5) is 0 Å². The highest BCUT2D eigenvalue weighted by molar-refractivity contribution is 5.38. The number of allylic oxidation sites excluding steroid dienone is 3. The van der Waals surface area contributed by atoms with Gasteiger partial charge in [-0.25, -0.2) is 0 Å². The fourth-order valence-corrected chi connectivity index (χ4v) is 6.69. The van der Waals surface area contributed by atoms with Crippen molar-refractivity contribution in [3.8, 4) is 0 Å². The summed E-state index contributed by atoms with van der Waals surface area (Å²) in [5.41, 5.74) is 3.09. The normalized spacial score (nSPS) is 39.7. The van der Waals surface area contributed by atoms with E-state index in [1.54, 1.807) is 5.57 Å². The number of aliphatic hydroxyl groups excluding tert-OH is 2. The topological polar surface area (TPSA) is 60.7 Å². The molecule has 3 aliphatic rings. The predicted octanol–water partition coefficient (Wildman–Crippen LogP) is 5.95. The van der Waals surface area contributed by atoms with Crippen molar-refractivity contribution >= 4 is 0 Å². The van der Waals surface area contributed by atoms with Crippen molar-refractivity contribution in [2.75, 3.05) is 0 Å². The molecule has 3 saturated carbocycles. The molecule has 3 heteroatoms. The molecular weight excluding hydrogens is 384 g/mol. The van der Waals surface area contributed by atoms with Gasteiger partial charge in [-0.15, -0.1) is 0 Å². The Morgan fingerprint density at radius 3 is 2.58 bits per heavy atom. The average molecular weight is 431 g/mol. The highest BCUT2D eigenvalue weighted by Crippen LogP contribution is 2.60. The summed E-state index contributed by atoms with van der Waals surface area (Å²) in [6, 6.07) is 0. The molecule has 7 atom stereocenters. The van der Waals surface area contributed by atoms with Gasteiger partial charge in [0.15, 0.2) is 0 Å². The van der Waals surface area contributed by atoms with E-state index in [-0.39, 0.29) is 5.92 Å². The van der Waals surface area contributed by atoms with Crippen molar-refractivity contribution in [2.45, 2.75) is 110 Å². The third kappa shape index (κ3) is 5.20. The Bertz CT molecular complexity index is 716. The summed E-state index contributed by atoms with van der Waals surface area (Å²) in [7, 11) is 0. The van der Waals surface area contributed by atoms with E-state index in [2.05, 4.69) is 46.4 Å². The van der Waals surface area contributed by atoms with Crippen LogP contribution < -0.4 is 0 Å². The van der Waals surface area contributed by atoms with E-state index in [1.165, 1.54) is 25.7 Å². The molecule has 0 saturated heterocycles. The van der Waals surface area contributed by atoms with Crippen molar-refractivity contribution in [3.63, 3.8) is 0 Å². The van der Waals surface area contributed by atoms with Gasteiger partial charge in [0.25, 0.3) is 0 Å². The third-order valence-corrected chi connectivity index (χ3v) is 9.34. The summed E-state index contributed by atoms with van der Waals surface area (Å²) in [4.78, 5) is 0. The van der Waals surface area contributed by atoms with Crippen LogP contribution in [0.3, 0.4) is 0 Å². The van der Waals surface area contributed by atoms with E-state index < -0.39 is 17.8 Å². The lowest BCUT2D eigenvalue weighted by molar-refractivity contribution is -0.00642. The van der Waals surface area contributed by atoms with Gasteiger partial charge in [-0.1, -0.05) is 52.0 Å². The van der Waals surface area contributed by atoms with Gasteiger partial charge in [-0.2, -0.15) is 0 Å². The van der Waals surface area contributed by atoms with Crippen LogP contribution in [0.15, 0.2) is 35.5 Å². The van der Waals surface area contributed by atoms with E-state index >= 15 is 0 Å². The molecule has 0 aliphatic heterocycles. The molecule has 0 spiro atoms. The largest absolute Gasteiger partial charge is 0.393 e. The number of hydrogen-bond donors (Lipinski definition) is 3. The maximum atomic E-state index is 10.7. The Labute approximate surface area is 190 Å². The molecule has 3 N–H and O–H groups in total. The molecule has 3 rings (SSSR count). The second-order valence-corrected chi connectivity index (χ2v) is 11.7. The molecule has 3 aliphatic carbocycles. The van der Waals surface area contributed by atoms with Gasteiger partial charge >= 0.3 is 0 Å². The minimum Gasteiger partial charge on any atom is -0.393 e. The second-order valence-electron chi connectivity index (χ2n) is 11.7. The van der Waals surface area contributed by atoms with Crippen LogP contribution in [0.5, 0.6) is 0 Å². The van der Waals surface area contributed by atoms with Gasteiger partial charge in [-0.3, -0.25) is 0 Å². The first-order valence-electron chi connectivity index (χ1n) is 12.6. The second kappa shape index (κ2) is 9.53. The van der Waals surface area contributed by atoms with Crippen LogP contribution in [-0.4, -0.2) is 33.1 Å². The lowest BCUT2D eigenvalue weighted by Gasteiger charge is -2.45. The van der Waals surface area contributed by atoms with Gasteiger partial charge in [0.1, 0.15) is 0 Å². The van der Waals surface area contributed by atoms with Crippen molar-refractivity contribution in [1.82, 2.24) is 0 Å². The van der Waals surface area contributed by atoms with Crippen LogP contribution in [0.2, 0.25) is 0 Å². The number of fused-ring (bicyclic) bond motifs is 1. The molecule has 3 nitrogen and oxygen atoms in total. The first kappa shape index (κ1) is 24.7. The van der Waals surface area contributed by atoms with E-state index in [9.17, 15) is 15.3 Å². The molecule has 176 valence electrons. The Kier molecular flexibility index (Phi) is 7.61. The van der Waals surface area contributed by atoms with Crippen molar-refractivity contribution in [1.29, 1.82) is 0 Å². The standard InChI is InChI=1S/C28H46O3/c1-18(2)28(6,31)15-13-19(3)24-11-12-25-21(8-7-14-27(24,25)5)9-10-22-16-23(29)17-26(30)20(22)4/h9-10,18-19,23-26,29-31H,4,7-8,11-17H2,1-3,5-6H3/b21-9+,22-10-/t19-,23-,24-,25+,26+,27-,28-/m1/s1. The van der Waals surface area contributed by atoms with Crippen LogP contribution >= 0.6 is 0 Å². The highest BCUT2D eigenvalue weighted by Gasteiger charge is 2.50. The van der Waals surface area contributed by atoms with Gasteiger partial charge in [0.2, 0.25) is 0 Å². The number of rotatable bonds is 6. The molecule has 3 fully saturated rings. The third-order valence-electron chi connectivity index (χ3n) is 9.34. The van der Waals surface area contributed by atoms with E-state index in [0.29, 0.717) is 36.0 Å². The predicted molar refractivity (Wildman–Crippen MR) is 129 cm³/mol. The van der Waals surface area contributed by atoms with Crippen LogP contribution in [0.25, 0.3) is 0 Å². The quantitative estimate of drug-likeness (QED) is 0.488.